The van der Waals surface area contributed by atoms with Crippen LogP contribution in [-0.2, 0) is 16.2 Å². The van der Waals surface area contributed by atoms with Gasteiger partial charge in [0.05, 0.1) is 9.58 Å². The maximum Gasteiger partial charge on any atom is 0.433 e. The van der Waals surface area contributed by atoms with Gasteiger partial charge in [-0.1, -0.05) is 37.3 Å². The Balaban J connectivity index is 0.000000198. The first-order valence-electron chi connectivity index (χ1n) is 22.2. The van der Waals surface area contributed by atoms with Gasteiger partial charge in [0, 0.05) is 91.7 Å². The first-order chi connectivity index (χ1) is 31.7. The molecule has 19 heteroatoms. The molecule has 13 nitrogen and oxygen atoms in total. The van der Waals surface area contributed by atoms with E-state index in [1.165, 1.54) is 15.6 Å². The quantitative estimate of drug-likeness (QED) is 0.0855. The van der Waals surface area contributed by atoms with Crippen LogP contribution < -0.4 is 10.6 Å². The number of piperidine rings is 2. The number of sulfonamides is 1. The molecule has 2 aliphatic rings. The highest BCUT2D eigenvalue weighted by Gasteiger charge is 2.34. The standard InChI is InChI=1S/C24H26ClN3O2S.C23H26F3N5O3S/c25-20-6-4-18(5-7-20)24(30)28-13-9-17(10-14-28)3-1-2-11-27-23(29)21-15-19-8-12-26-16-22(19)31-21;24-23(25,26)21-5-4-18(15-29-21)35(33,34)31-11-7-16(8-12-31)3-1-2-9-28-22(32)20-13-17-14-27-10-6-19(17)30-20/h4-8,12,15-17H,1-3,9-11,13-14H2,(H,27,29);4-6,10,13-16,30H,1-3,7-9,11-12H2,(H,28,32). The van der Waals surface area contributed by atoms with Gasteiger partial charge in [-0.15, -0.1) is 11.3 Å². The van der Waals surface area contributed by atoms with E-state index in [0.29, 0.717) is 73.2 Å². The Kier molecular flexibility index (Phi) is 16.4. The molecular weight excluding hydrogens is 913 g/mol. The van der Waals surface area contributed by atoms with Crippen molar-refractivity contribution in [2.24, 2.45) is 11.8 Å². The highest BCUT2D eigenvalue weighted by molar-refractivity contribution is 7.89. The highest BCUT2D eigenvalue weighted by atomic mass is 35.5. The Morgan fingerprint density at radius 3 is 2.02 bits per heavy atom. The molecule has 1 aromatic carbocycles. The van der Waals surface area contributed by atoms with Crippen LogP contribution in [0.4, 0.5) is 13.2 Å². The summed E-state index contributed by atoms with van der Waals surface area (Å²) in [4.78, 5) is 54.2. The van der Waals surface area contributed by atoms with Crippen LogP contribution in [-0.4, -0.2) is 94.5 Å². The zero-order chi connectivity index (χ0) is 46.7. The van der Waals surface area contributed by atoms with E-state index in [1.54, 1.807) is 55.1 Å². The van der Waals surface area contributed by atoms with E-state index in [-0.39, 0.29) is 22.6 Å². The number of pyridine rings is 3. The van der Waals surface area contributed by atoms with Gasteiger partial charge >= 0.3 is 6.18 Å². The van der Waals surface area contributed by atoms with Crippen LogP contribution in [0.2, 0.25) is 5.02 Å². The third-order valence-corrected chi connectivity index (χ3v) is 15.3. The van der Waals surface area contributed by atoms with Gasteiger partial charge in [-0.3, -0.25) is 29.3 Å². The maximum atomic E-state index is 12.8. The lowest BCUT2D eigenvalue weighted by Gasteiger charge is -2.32. The van der Waals surface area contributed by atoms with Crippen molar-refractivity contribution in [3.8, 4) is 0 Å². The number of hydrogen-bond donors (Lipinski definition) is 3. The molecule has 6 aromatic rings. The molecule has 8 rings (SSSR count). The van der Waals surface area contributed by atoms with E-state index < -0.39 is 21.9 Å². The number of fused-ring (bicyclic) bond motifs is 2. The normalized spacial score (nSPS) is 15.4. The SMILES string of the molecule is O=C(NCCCCC1CCN(C(=O)c2ccc(Cl)cc2)CC1)c1cc2ccncc2s1.O=C(NCCCCC1CCN(S(=O)(=O)c2ccc(C(F)(F)F)nc2)CC1)c1cc2cnccc2[nH]1. The lowest BCUT2D eigenvalue weighted by atomic mass is 9.91. The third kappa shape index (κ3) is 12.9. The van der Waals surface area contributed by atoms with Gasteiger partial charge in [0.15, 0.2) is 0 Å². The Bertz CT molecular complexity index is 2620. The van der Waals surface area contributed by atoms with Crippen molar-refractivity contribution in [3.63, 3.8) is 0 Å². The molecule has 7 heterocycles. The first kappa shape index (κ1) is 48.5. The number of aromatic nitrogens is 4. The van der Waals surface area contributed by atoms with Gasteiger partial charge in [0.25, 0.3) is 17.7 Å². The summed E-state index contributed by atoms with van der Waals surface area (Å²) in [5.41, 5.74) is 0.927. The molecule has 66 heavy (non-hydrogen) atoms. The summed E-state index contributed by atoms with van der Waals surface area (Å²) in [5.74, 6) is 0.937. The number of nitrogens with one attached hydrogen (secondary N) is 3. The van der Waals surface area contributed by atoms with Crippen LogP contribution in [0.3, 0.4) is 0 Å². The number of aromatic amines is 1. The second-order valence-electron chi connectivity index (χ2n) is 16.6. The minimum atomic E-state index is -4.61. The summed E-state index contributed by atoms with van der Waals surface area (Å²) in [6.45, 7) is 3.49. The number of carbonyl (C=O) groups excluding carboxylic acids is 3. The number of thiophene rings is 1. The number of H-pyrrole nitrogens is 1. The fourth-order valence-electron chi connectivity index (χ4n) is 8.28. The zero-order valence-corrected chi connectivity index (χ0v) is 38.6. The lowest BCUT2D eigenvalue weighted by Crippen LogP contribution is -2.38. The first-order valence-corrected chi connectivity index (χ1v) is 24.8. The summed E-state index contributed by atoms with van der Waals surface area (Å²) < 4.78 is 65.9. The number of alkyl halides is 3. The topological polar surface area (TPSA) is 170 Å². The van der Waals surface area contributed by atoms with Crippen LogP contribution in [0.1, 0.15) is 100 Å². The van der Waals surface area contributed by atoms with E-state index >= 15 is 0 Å². The molecule has 2 saturated heterocycles. The number of nitrogens with zero attached hydrogens (tertiary/aromatic N) is 5. The molecule has 0 aliphatic carbocycles. The second kappa shape index (κ2) is 22.4. The average Bonchev–Trinajstić information content (AvgIpc) is 3.97. The van der Waals surface area contributed by atoms with Crippen molar-refractivity contribution in [1.29, 1.82) is 0 Å². The van der Waals surface area contributed by atoms with Crippen molar-refractivity contribution >= 4 is 71.7 Å². The Morgan fingerprint density at radius 1 is 0.758 bits per heavy atom. The minimum Gasteiger partial charge on any atom is -0.351 e. The number of hydrogen-bond acceptors (Lipinski definition) is 9. The minimum absolute atomic E-state index is 0.00443. The Hall–Kier alpha value is -5.43. The van der Waals surface area contributed by atoms with Crippen LogP contribution in [0.25, 0.3) is 21.0 Å². The Morgan fingerprint density at radius 2 is 1.39 bits per heavy atom. The molecule has 350 valence electrons. The number of halogens is 4. The predicted molar refractivity (Wildman–Crippen MR) is 249 cm³/mol. The predicted octanol–water partition coefficient (Wildman–Crippen LogP) is 9.38. The summed E-state index contributed by atoms with van der Waals surface area (Å²) in [7, 11) is -3.87. The van der Waals surface area contributed by atoms with E-state index in [2.05, 4.69) is 30.6 Å². The van der Waals surface area contributed by atoms with Gasteiger partial charge in [-0.2, -0.15) is 17.5 Å². The second-order valence-corrected chi connectivity index (χ2v) is 20.1. The average molecular weight is 966 g/mol. The summed E-state index contributed by atoms with van der Waals surface area (Å²) in [6, 6.07) is 16.2. The molecular formula is C47H52ClF3N8O5S2. The number of carbonyl (C=O) groups is 3. The fourth-order valence-corrected chi connectivity index (χ4v) is 10.8. The van der Waals surface area contributed by atoms with Crippen molar-refractivity contribution in [3.05, 3.63) is 118 Å². The molecule has 0 saturated carbocycles. The number of rotatable bonds is 15. The van der Waals surface area contributed by atoms with Crippen LogP contribution in [0.15, 0.2) is 96.5 Å². The smallest absolute Gasteiger partial charge is 0.351 e. The van der Waals surface area contributed by atoms with Crippen LogP contribution in [0, 0.1) is 11.8 Å². The van der Waals surface area contributed by atoms with Gasteiger partial charge in [-0.25, -0.2) is 8.42 Å². The lowest BCUT2D eigenvalue weighted by molar-refractivity contribution is -0.141. The molecule has 5 aromatic heterocycles. The molecule has 0 atom stereocenters. The number of likely N-dealkylation sites (tertiary alicyclic amines) is 1. The number of amides is 3. The van der Waals surface area contributed by atoms with Crippen LogP contribution in [0.5, 0.6) is 0 Å². The highest BCUT2D eigenvalue weighted by Crippen LogP contribution is 2.31. The van der Waals surface area contributed by atoms with Crippen molar-refractivity contribution in [1.82, 2.24) is 39.8 Å². The van der Waals surface area contributed by atoms with Gasteiger partial charge in [0.2, 0.25) is 10.0 Å². The zero-order valence-electron chi connectivity index (χ0n) is 36.2. The fraction of sp³-hybridized carbons (Fsp3) is 0.404. The molecule has 0 radical (unpaired) electrons. The molecule has 0 unspecified atom stereocenters. The van der Waals surface area contributed by atoms with Crippen LogP contribution >= 0.6 is 22.9 Å². The third-order valence-electron chi connectivity index (χ3n) is 12.1. The molecule has 2 fully saturated rings. The monoisotopic (exact) mass is 964 g/mol. The van der Waals surface area contributed by atoms with Crippen molar-refractivity contribution in [2.45, 2.75) is 75.3 Å². The molecule has 0 spiro atoms. The Labute approximate surface area is 390 Å². The summed E-state index contributed by atoms with van der Waals surface area (Å²) >= 11 is 7.39. The van der Waals surface area contributed by atoms with E-state index in [1.807, 2.05) is 23.1 Å². The van der Waals surface area contributed by atoms with Crippen molar-refractivity contribution < 1.29 is 36.0 Å². The van der Waals surface area contributed by atoms with E-state index in [0.717, 1.165) is 103 Å². The molecule has 0 bridgehead atoms. The van der Waals surface area contributed by atoms with E-state index in [4.69, 9.17) is 11.6 Å². The molecule has 3 N–H and O–H groups in total. The van der Waals surface area contributed by atoms with Gasteiger partial charge < -0.3 is 20.5 Å². The summed E-state index contributed by atoms with van der Waals surface area (Å²) in [5, 5.41) is 8.51. The molecule has 2 aliphatic heterocycles. The number of benzene rings is 1. The maximum absolute atomic E-state index is 12.8. The van der Waals surface area contributed by atoms with Gasteiger partial charge in [-0.05, 0) is 116 Å². The van der Waals surface area contributed by atoms with Crippen molar-refractivity contribution in [2.75, 3.05) is 39.3 Å². The summed E-state index contributed by atoms with van der Waals surface area (Å²) in [6.07, 6.45) is 12.3. The van der Waals surface area contributed by atoms with E-state index in [9.17, 15) is 36.0 Å². The molecule has 3 amide bonds. The van der Waals surface area contributed by atoms with Gasteiger partial charge in [0.1, 0.15) is 16.3 Å². The number of unbranched alkanes of at least 4 members (excludes halogenated alkanes) is 2. The largest absolute Gasteiger partial charge is 0.433 e.